The van der Waals surface area contributed by atoms with Crippen molar-refractivity contribution in [3.8, 4) is 0 Å². The molecule has 0 bridgehead atoms. The highest BCUT2D eigenvalue weighted by atomic mass is 16.2. The Balaban J connectivity index is 2.44. The zero-order valence-electron chi connectivity index (χ0n) is 11.5. The van der Waals surface area contributed by atoms with Gasteiger partial charge in [-0.1, -0.05) is 43.5 Å². The lowest BCUT2D eigenvalue weighted by Gasteiger charge is -2.02. The summed E-state index contributed by atoms with van der Waals surface area (Å²) in [5, 5.41) is 4.00. The number of nitrogens with zero attached hydrogens (tertiary/aromatic N) is 1. The molecule has 0 saturated heterocycles. The Bertz CT molecular complexity index is 425. The minimum Gasteiger partial charge on any atom is -0.273 e. The first-order valence-corrected chi connectivity index (χ1v) is 6.52. The van der Waals surface area contributed by atoms with Crippen molar-refractivity contribution in [3.05, 3.63) is 34.9 Å². The van der Waals surface area contributed by atoms with E-state index < -0.39 is 0 Å². The van der Waals surface area contributed by atoms with Crippen LogP contribution in [-0.4, -0.2) is 12.1 Å². The first-order valence-electron chi connectivity index (χ1n) is 6.52. The van der Waals surface area contributed by atoms with Gasteiger partial charge >= 0.3 is 0 Å². The van der Waals surface area contributed by atoms with Gasteiger partial charge in [-0.2, -0.15) is 5.10 Å². The second kappa shape index (κ2) is 7.64. The van der Waals surface area contributed by atoms with E-state index in [1.807, 2.05) is 13.8 Å². The summed E-state index contributed by atoms with van der Waals surface area (Å²) >= 11 is 0. The average molecular weight is 246 g/mol. The van der Waals surface area contributed by atoms with Crippen LogP contribution < -0.4 is 5.43 Å². The van der Waals surface area contributed by atoms with Crippen molar-refractivity contribution in [3.63, 3.8) is 0 Å². The molecule has 0 unspecified atom stereocenters. The van der Waals surface area contributed by atoms with E-state index in [-0.39, 0.29) is 5.91 Å². The third-order valence-corrected chi connectivity index (χ3v) is 2.84. The third kappa shape index (κ3) is 5.13. The maximum absolute atomic E-state index is 11.4. The van der Waals surface area contributed by atoms with E-state index in [9.17, 15) is 4.79 Å². The Morgan fingerprint density at radius 3 is 2.83 bits per heavy atom. The Kier molecular flexibility index (Phi) is 6.12. The van der Waals surface area contributed by atoms with Gasteiger partial charge in [0.05, 0.1) is 6.21 Å². The zero-order valence-corrected chi connectivity index (χ0v) is 11.5. The number of benzene rings is 1. The van der Waals surface area contributed by atoms with Crippen molar-refractivity contribution >= 4 is 12.1 Å². The van der Waals surface area contributed by atoms with Gasteiger partial charge in [0, 0.05) is 6.42 Å². The van der Waals surface area contributed by atoms with Crippen LogP contribution in [0.4, 0.5) is 0 Å². The van der Waals surface area contributed by atoms with E-state index in [0.29, 0.717) is 6.42 Å². The largest absolute Gasteiger partial charge is 0.273 e. The number of unbranched alkanes of at least 4 members (excludes halogenated alkanes) is 2. The number of carbonyl (C=O) groups is 1. The summed E-state index contributed by atoms with van der Waals surface area (Å²) in [7, 11) is 0. The smallest absolute Gasteiger partial charge is 0.240 e. The monoisotopic (exact) mass is 246 g/mol. The van der Waals surface area contributed by atoms with Crippen molar-refractivity contribution in [2.45, 2.75) is 46.5 Å². The molecule has 0 fully saturated rings. The van der Waals surface area contributed by atoms with Gasteiger partial charge in [-0.15, -0.1) is 0 Å². The molecule has 18 heavy (non-hydrogen) atoms. The molecule has 98 valence electrons. The lowest BCUT2D eigenvalue weighted by atomic mass is 10.1. The molecule has 3 nitrogen and oxygen atoms in total. The molecule has 0 radical (unpaired) electrons. The average Bonchev–Trinajstić information content (AvgIpc) is 2.34. The van der Waals surface area contributed by atoms with Crippen LogP contribution in [0.1, 0.15) is 49.3 Å². The van der Waals surface area contributed by atoms with Gasteiger partial charge in [-0.05, 0) is 31.4 Å². The molecule has 0 aliphatic rings. The molecule has 0 aliphatic carbocycles. The summed E-state index contributed by atoms with van der Waals surface area (Å²) in [6.45, 7) is 6.19. The Hall–Kier alpha value is -1.64. The minimum absolute atomic E-state index is 0.00925. The van der Waals surface area contributed by atoms with Gasteiger partial charge in [-0.25, -0.2) is 5.43 Å². The maximum atomic E-state index is 11.4. The normalized spacial score (nSPS) is 10.8. The fourth-order valence-corrected chi connectivity index (χ4v) is 1.66. The standard InChI is InChI=1S/C15H22N2O/c1-4-5-6-7-15(18)17-16-11-14-10-12(2)8-9-13(14)3/h8-11H,4-7H2,1-3H3,(H,17,18). The molecular formula is C15H22N2O. The third-order valence-electron chi connectivity index (χ3n) is 2.84. The summed E-state index contributed by atoms with van der Waals surface area (Å²) in [5.74, 6) is -0.00925. The predicted octanol–water partition coefficient (Wildman–Crippen LogP) is 3.33. The highest BCUT2D eigenvalue weighted by Gasteiger charge is 1.99. The molecule has 1 rings (SSSR count). The molecular weight excluding hydrogens is 224 g/mol. The molecule has 1 N–H and O–H groups in total. The van der Waals surface area contributed by atoms with Crippen LogP contribution in [0.2, 0.25) is 0 Å². The van der Waals surface area contributed by atoms with Crippen molar-refractivity contribution in [2.75, 3.05) is 0 Å². The summed E-state index contributed by atoms with van der Waals surface area (Å²) in [6.07, 6.45) is 5.41. The minimum atomic E-state index is -0.00925. The fourth-order valence-electron chi connectivity index (χ4n) is 1.66. The molecule has 0 atom stereocenters. The van der Waals surface area contributed by atoms with Crippen molar-refractivity contribution in [1.82, 2.24) is 5.43 Å². The highest BCUT2D eigenvalue weighted by Crippen LogP contribution is 2.07. The van der Waals surface area contributed by atoms with Crippen LogP contribution in [-0.2, 0) is 4.79 Å². The molecule has 0 saturated carbocycles. The number of rotatable bonds is 6. The van der Waals surface area contributed by atoms with Gasteiger partial charge in [0.25, 0.3) is 0 Å². The molecule has 1 aromatic rings. The van der Waals surface area contributed by atoms with Crippen LogP contribution >= 0.6 is 0 Å². The van der Waals surface area contributed by atoms with Crippen LogP contribution in [0.25, 0.3) is 0 Å². The molecule has 0 spiro atoms. The van der Waals surface area contributed by atoms with E-state index in [2.05, 4.69) is 35.7 Å². The Morgan fingerprint density at radius 2 is 2.11 bits per heavy atom. The van der Waals surface area contributed by atoms with E-state index >= 15 is 0 Å². The van der Waals surface area contributed by atoms with Crippen LogP contribution in [0, 0.1) is 13.8 Å². The highest BCUT2D eigenvalue weighted by molar-refractivity contribution is 5.84. The van der Waals surface area contributed by atoms with Gasteiger partial charge in [0.1, 0.15) is 0 Å². The number of hydrogen-bond donors (Lipinski definition) is 1. The first kappa shape index (κ1) is 14.4. The fraction of sp³-hybridized carbons (Fsp3) is 0.467. The SMILES string of the molecule is CCCCCC(=O)NN=Cc1cc(C)ccc1C. The number of nitrogens with one attached hydrogen (secondary N) is 1. The molecule has 3 heteroatoms. The van der Waals surface area contributed by atoms with Crippen molar-refractivity contribution in [2.24, 2.45) is 5.10 Å². The number of hydrazone groups is 1. The second-order valence-corrected chi connectivity index (χ2v) is 4.61. The van der Waals surface area contributed by atoms with Crippen LogP contribution in [0.5, 0.6) is 0 Å². The van der Waals surface area contributed by atoms with Gasteiger partial charge in [-0.3, -0.25) is 4.79 Å². The summed E-state index contributed by atoms with van der Waals surface area (Å²) in [5.41, 5.74) is 5.96. The van der Waals surface area contributed by atoms with E-state index in [4.69, 9.17) is 0 Å². The number of hydrogen-bond acceptors (Lipinski definition) is 2. The molecule has 0 aliphatic heterocycles. The first-order chi connectivity index (χ1) is 8.63. The quantitative estimate of drug-likeness (QED) is 0.467. The topological polar surface area (TPSA) is 41.5 Å². The number of carbonyl (C=O) groups excluding carboxylic acids is 1. The molecule has 1 aromatic carbocycles. The van der Waals surface area contributed by atoms with Gasteiger partial charge < -0.3 is 0 Å². The Labute approximate surface area is 109 Å². The van der Waals surface area contributed by atoms with Crippen LogP contribution in [0.3, 0.4) is 0 Å². The van der Waals surface area contributed by atoms with Gasteiger partial charge in [0.15, 0.2) is 0 Å². The maximum Gasteiger partial charge on any atom is 0.240 e. The van der Waals surface area contributed by atoms with E-state index in [1.54, 1.807) is 6.21 Å². The Morgan fingerprint density at radius 1 is 1.33 bits per heavy atom. The van der Waals surface area contributed by atoms with Gasteiger partial charge in [0.2, 0.25) is 5.91 Å². The lowest BCUT2D eigenvalue weighted by molar-refractivity contribution is -0.121. The summed E-state index contributed by atoms with van der Waals surface area (Å²) in [4.78, 5) is 11.4. The summed E-state index contributed by atoms with van der Waals surface area (Å²) < 4.78 is 0. The molecule has 0 heterocycles. The predicted molar refractivity (Wildman–Crippen MR) is 75.8 cm³/mol. The van der Waals surface area contributed by atoms with E-state index in [1.165, 1.54) is 5.56 Å². The number of aryl methyl sites for hydroxylation is 2. The lowest BCUT2D eigenvalue weighted by Crippen LogP contribution is -2.16. The molecule has 1 amide bonds. The summed E-state index contributed by atoms with van der Waals surface area (Å²) in [6, 6.07) is 6.18. The van der Waals surface area contributed by atoms with Crippen molar-refractivity contribution < 1.29 is 4.79 Å². The van der Waals surface area contributed by atoms with Crippen molar-refractivity contribution in [1.29, 1.82) is 0 Å². The van der Waals surface area contributed by atoms with E-state index in [0.717, 1.165) is 30.4 Å². The number of amides is 1. The van der Waals surface area contributed by atoms with Crippen LogP contribution in [0.15, 0.2) is 23.3 Å². The zero-order chi connectivity index (χ0) is 13.4. The second-order valence-electron chi connectivity index (χ2n) is 4.61. The molecule has 0 aromatic heterocycles.